The molecule has 0 bridgehead atoms. The third-order valence-electron chi connectivity index (χ3n) is 5.10. The SMILES string of the molecule is COc1cccc([C@H]2CCCN2CCN2CCC(O)CC2)c1. The van der Waals surface area contributed by atoms with Gasteiger partial charge in [0.05, 0.1) is 13.2 Å². The van der Waals surface area contributed by atoms with Crippen LogP contribution in [0.1, 0.15) is 37.3 Å². The minimum Gasteiger partial charge on any atom is -0.497 e. The number of rotatable bonds is 5. The number of nitrogens with zero attached hydrogens (tertiary/aromatic N) is 2. The summed E-state index contributed by atoms with van der Waals surface area (Å²) < 4.78 is 5.36. The minimum absolute atomic E-state index is 0.0763. The number of aliphatic hydroxyl groups is 1. The predicted molar refractivity (Wildman–Crippen MR) is 88.2 cm³/mol. The number of ether oxygens (including phenoxy) is 1. The van der Waals surface area contributed by atoms with Crippen molar-refractivity contribution < 1.29 is 9.84 Å². The Morgan fingerprint density at radius 2 is 1.95 bits per heavy atom. The van der Waals surface area contributed by atoms with Crippen LogP contribution in [0.15, 0.2) is 24.3 Å². The number of benzene rings is 1. The van der Waals surface area contributed by atoms with Crippen molar-refractivity contribution in [3.05, 3.63) is 29.8 Å². The number of likely N-dealkylation sites (tertiary alicyclic amines) is 2. The van der Waals surface area contributed by atoms with E-state index in [4.69, 9.17) is 4.74 Å². The molecular weight excluding hydrogens is 276 g/mol. The van der Waals surface area contributed by atoms with Crippen LogP contribution < -0.4 is 4.74 Å². The molecule has 22 heavy (non-hydrogen) atoms. The summed E-state index contributed by atoms with van der Waals surface area (Å²) in [5, 5.41) is 9.60. The Bertz CT molecular complexity index is 472. The normalized spacial score (nSPS) is 24.7. The zero-order valence-electron chi connectivity index (χ0n) is 13.6. The molecule has 2 fully saturated rings. The summed E-state index contributed by atoms with van der Waals surface area (Å²) in [6.45, 7) is 5.52. The second-order valence-electron chi connectivity index (χ2n) is 6.54. The molecule has 0 amide bonds. The van der Waals surface area contributed by atoms with Crippen LogP contribution >= 0.6 is 0 Å². The van der Waals surface area contributed by atoms with Gasteiger partial charge < -0.3 is 14.7 Å². The van der Waals surface area contributed by atoms with Gasteiger partial charge in [-0.05, 0) is 49.9 Å². The molecule has 2 aliphatic heterocycles. The third-order valence-corrected chi connectivity index (χ3v) is 5.10. The highest BCUT2D eigenvalue weighted by Gasteiger charge is 2.27. The number of hydrogen-bond acceptors (Lipinski definition) is 4. The molecule has 4 heteroatoms. The lowest BCUT2D eigenvalue weighted by Gasteiger charge is -2.32. The van der Waals surface area contributed by atoms with Crippen LogP contribution in [0.5, 0.6) is 5.75 Å². The molecular formula is C18H28N2O2. The van der Waals surface area contributed by atoms with Gasteiger partial charge in [0.2, 0.25) is 0 Å². The summed E-state index contributed by atoms with van der Waals surface area (Å²) in [4.78, 5) is 5.10. The van der Waals surface area contributed by atoms with Gasteiger partial charge in [-0.15, -0.1) is 0 Å². The van der Waals surface area contributed by atoms with Crippen molar-refractivity contribution in [3.63, 3.8) is 0 Å². The number of methoxy groups -OCH3 is 1. The largest absolute Gasteiger partial charge is 0.497 e. The van der Waals surface area contributed by atoms with Crippen molar-refractivity contribution in [1.29, 1.82) is 0 Å². The van der Waals surface area contributed by atoms with Crippen molar-refractivity contribution >= 4 is 0 Å². The second kappa shape index (κ2) is 7.44. The topological polar surface area (TPSA) is 35.9 Å². The third kappa shape index (κ3) is 3.80. The first kappa shape index (κ1) is 15.8. The first-order valence-corrected chi connectivity index (χ1v) is 8.54. The summed E-state index contributed by atoms with van der Waals surface area (Å²) in [5.74, 6) is 0.953. The molecule has 0 radical (unpaired) electrons. The van der Waals surface area contributed by atoms with Crippen molar-refractivity contribution in [2.45, 2.75) is 37.8 Å². The van der Waals surface area contributed by atoms with Crippen LogP contribution in [-0.4, -0.2) is 60.8 Å². The molecule has 2 aliphatic rings. The van der Waals surface area contributed by atoms with Crippen LogP contribution in [-0.2, 0) is 0 Å². The summed E-state index contributed by atoms with van der Waals surface area (Å²) in [5.41, 5.74) is 1.38. The molecule has 0 aromatic heterocycles. The minimum atomic E-state index is -0.0763. The van der Waals surface area contributed by atoms with E-state index in [1.807, 2.05) is 6.07 Å². The van der Waals surface area contributed by atoms with Gasteiger partial charge in [0.15, 0.2) is 0 Å². The van der Waals surface area contributed by atoms with E-state index in [2.05, 4.69) is 28.0 Å². The predicted octanol–water partition coefficient (Wildman–Crippen LogP) is 2.29. The van der Waals surface area contributed by atoms with E-state index in [1.54, 1.807) is 7.11 Å². The van der Waals surface area contributed by atoms with Crippen molar-refractivity contribution in [3.8, 4) is 5.75 Å². The highest BCUT2D eigenvalue weighted by atomic mass is 16.5. The summed E-state index contributed by atoms with van der Waals surface area (Å²) in [6, 6.07) is 9.05. The van der Waals surface area contributed by atoms with E-state index < -0.39 is 0 Å². The Balaban J connectivity index is 1.56. The molecule has 1 N–H and O–H groups in total. The van der Waals surface area contributed by atoms with E-state index in [9.17, 15) is 5.11 Å². The fraction of sp³-hybridized carbons (Fsp3) is 0.667. The van der Waals surface area contributed by atoms with Gasteiger partial charge in [-0.1, -0.05) is 12.1 Å². The molecule has 1 aromatic carbocycles. The first-order chi connectivity index (χ1) is 10.8. The van der Waals surface area contributed by atoms with Crippen molar-refractivity contribution in [2.75, 3.05) is 39.8 Å². The molecule has 1 aromatic rings. The fourth-order valence-electron chi connectivity index (χ4n) is 3.73. The zero-order chi connectivity index (χ0) is 15.4. The van der Waals surface area contributed by atoms with Crippen molar-refractivity contribution in [1.82, 2.24) is 9.80 Å². The molecule has 0 saturated carbocycles. The molecule has 122 valence electrons. The standard InChI is InChI=1S/C18H28N2O2/c1-22-17-5-2-4-15(14-17)18-6-3-9-20(18)13-12-19-10-7-16(21)8-11-19/h2,4-5,14,16,18,21H,3,6-13H2,1H3/t18-/m1/s1. The van der Waals surface area contributed by atoms with E-state index in [0.717, 1.165) is 44.8 Å². The molecule has 0 unspecified atom stereocenters. The number of piperidine rings is 1. The first-order valence-electron chi connectivity index (χ1n) is 8.54. The maximum Gasteiger partial charge on any atom is 0.119 e. The van der Waals surface area contributed by atoms with E-state index in [1.165, 1.54) is 24.9 Å². The maximum absolute atomic E-state index is 9.60. The molecule has 0 aliphatic carbocycles. The highest BCUT2D eigenvalue weighted by molar-refractivity contribution is 5.31. The van der Waals surface area contributed by atoms with Crippen LogP contribution in [0.3, 0.4) is 0 Å². The lowest BCUT2D eigenvalue weighted by molar-refractivity contribution is 0.0756. The van der Waals surface area contributed by atoms with Gasteiger partial charge >= 0.3 is 0 Å². The van der Waals surface area contributed by atoms with E-state index in [0.29, 0.717) is 6.04 Å². The molecule has 0 spiro atoms. The summed E-state index contributed by atoms with van der Waals surface area (Å²) in [7, 11) is 1.73. The van der Waals surface area contributed by atoms with Crippen LogP contribution in [0.4, 0.5) is 0 Å². The van der Waals surface area contributed by atoms with Crippen LogP contribution in [0.2, 0.25) is 0 Å². The van der Waals surface area contributed by atoms with E-state index in [-0.39, 0.29) is 6.10 Å². The molecule has 1 atom stereocenters. The average Bonchev–Trinajstić information content (AvgIpc) is 3.03. The number of hydrogen-bond donors (Lipinski definition) is 1. The lowest BCUT2D eigenvalue weighted by atomic mass is 10.0. The zero-order valence-corrected chi connectivity index (χ0v) is 13.6. The maximum atomic E-state index is 9.60. The quantitative estimate of drug-likeness (QED) is 0.905. The molecule has 3 rings (SSSR count). The average molecular weight is 304 g/mol. The monoisotopic (exact) mass is 304 g/mol. The van der Waals surface area contributed by atoms with Gasteiger partial charge in [0, 0.05) is 32.2 Å². The van der Waals surface area contributed by atoms with Crippen LogP contribution in [0.25, 0.3) is 0 Å². The van der Waals surface area contributed by atoms with Gasteiger partial charge in [-0.25, -0.2) is 0 Å². The van der Waals surface area contributed by atoms with E-state index >= 15 is 0 Å². The second-order valence-corrected chi connectivity index (χ2v) is 6.54. The molecule has 2 saturated heterocycles. The Morgan fingerprint density at radius 3 is 2.73 bits per heavy atom. The smallest absolute Gasteiger partial charge is 0.119 e. The summed E-state index contributed by atoms with van der Waals surface area (Å²) in [6.07, 6.45) is 4.30. The lowest BCUT2D eigenvalue weighted by Crippen LogP contribution is -2.40. The van der Waals surface area contributed by atoms with Gasteiger partial charge in [-0.3, -0.25) is 4.90 Å². The Kier molecular flexibility index (Phi) is 5.34. The van der Waals surface area contributed by atoms with Gasteiger partial charge in [0.1, 0.15) is 5.75 Å². The van der Waals surface area contributed by atoms with Gasteiger partial charge in [0.25, 0.3) is 0 Å². The Morgan fingerprint density at radius 1 is 1.14 bits per heavy atom. The molecule has 4 nitrogen and oxygen atoms in total. The summed E-state index contributed by atoms with van der Waals surface area (Å²) >= 11 is 0. The van der Waals surface area contributed by atoms with Crippen LogP contribution in [0, 0.1) is 0 Å². The Labute approximate surface area is 133 Å². The highest BCUT2D eigenvalue weighted by Crippen LogP contribution is 2.33. The molecule has 2 heterocycles. The van der Waals surface area contributed by atoms with Gasteiger partial charge in [-0.2, -0.15) is 0 Å². The van der Waals surface area contributed by atoms with Crippen molar-refractivity contribution in [2.24, 2.45) is 0 Å². The fourth-order valence-corrected chi connectivity index (χ4v) is 3.73. The number of aliphatic hydroxyl groups excluding tert-OH is 1. The Hall–Kier alpha value is -1.10.